The zero-order chi connectivity index (χ0) is 14.3. The molecule has 2 aromatic rings. The van der Waals surface area contributed by atoms with Gasteiger partial charge in [0.1, 0.15) is 17.6 Å². The topological polar surface area (TPSA) is 82.2 Å². The van der Waals surface area contributed by atoms with Crippen LogP contribution in [0.1, 0.15) is 23.3 Å². The fourth-order valence-corrected chi connectivity index (χ4v) is 2.26. The van der Waals surface area contributed by atoms with Crippen molar-refractivity contribution in [2.24, 2.45) is 5.92 Å². The van der Waals surface area contributed by atoms with Crippen LogP contribution in [-0.4, -0.2) is 28.0 Å². The number of benzene rings is 1. The predicted molar refractivity (Wildman–Crippen MR) is 69.9 cm³/mol. The number of aliphatic carboxylic acids is 1. The molecule has 0 saturated heterocycles. The Kier molecular flexibility index (Phi) is 2.93. The van der Waals surface area contributed by atoms with E-state index in [1.54, 1.807) is 0 Å². The van der Waals surface area contributed by atoms with Crippen molar-refractivity contribution in [3.8, 4) is 0 Å². The summed E-state index contributed by atoms with van der Waals surface area (Å²) >= 11 is 0. The number of carbonyl (C=O) groups is 2. The van der Waals surface area contributed by atoms with E-state index in [-0.39, 0.29) is 17.4 Å². The molecule has 3 rings (SSSR count). The van der Waals surface area contributed by atoms with Gasteiger partial charge in [0, 0.05) is 10.9 Å². The number of rotatable bonds is 4. The Morgan fingerprint density at radius 3 is 2.75 bits per heavy atom. The molecule has 1 aliphatic carbocycles. The van der Waals surface area contributed by atoms with Gasteiger partial charge in [-0.15, -0.1) is 0 Å². The van der Waals surface area contributed by atoms with Gasteiger partial charge in [-0.2, -0.15) is 0 Å². The first-order chi connectivity index (χ1) is 9.54. The van der Waals surface area contributed by atoms with Gasteiger partial charge in [0.25, 0.3) is 5.91 Å². The number of halogens is 1. The lowest BCUT2D eigenvalue weighted by Gasteiger charge is -2.12. The molecule has 1 aliphatic rings. The fraction of sp³-hybridized carbons (Fsp3) is 0.286. The number of nitrogens with one attached hydrogen (secondary N) is 2. The molecule has 0 radical (unpaired) electrons. The highest BCUT2D eigenvalue weighted by Crippen LogP contribution is 2.32. The molecule has 3 N–H and O–H groups in total. The molecule has 1 unspecified atom stereocenters. The van der Waals surface area contributed by atoms with Gasteiger partial charge in [0.05, 0.1) is 0 Å². The molecule has 1 heterocycles. The van der Waals surface area contributed by atoms with Gasteiger partial charge in [0.15, 0.2) is 0 Å². The van der Waals surface area contributed by atoms with E-state index in [2.05, 4.69) is 10.3 Å². The summed E-state index contributed by atoms with van der Waals surface area (Å²) in [5, 5.41) is 12.2. The minimum absolute atomic E-state index is 0.0123. The highest BCUT2D eigenvalue weighted by Gasteiger charge is 2.37. The maximum absolute atomic E-state index is 13.1. The van der Waals surface area contributed by atoms with Gasteiger partial charge < -0.3 is 15.4 Å². The van der Waals surface area contributed by atoms with E-state index >= 15 is 0 Å². The Bertz CT molecular complexity index is 691. The van der Waals surface area contributed by atoms with Crippen LogP contribution in [0.5, 0.6) is 0 Å². The third-order valence-electron chi connectivity index (χ3n) is 3.47. The average Bonchev–Trinajstić information content (AvgIpc) is 3.14. The van der Waals surface area contributed by atoms with Crippen molar-refractivity contribution in [3.05, 3.63) is 35.8 Å². The Labute approximate surface area is 113 Å². The summed E-state index contributed by atoms with van der Waals surface area (Å²) in [7, 11) is 0. The monoisotopic (exact) mass is 276 g/mol. The first-order valence-corrected chi connectivity index (χ1v) is 6.36. The SMILES string of the molecule is O=C(NC(C(=O)O)C1CC1)c1cc2cc(F)ccc2[nH]1. The first kappa shape index (κ1) is 12.7. The summed E-state index contributed by atoms with van der Waals surface area (Å²) < 4.78 is 13.1. The molecule has 1 aromatic carbocycles. The Morgan fingerprint density at radius 1 is 1.35 bits per heavy atom. The maximum atomic E-state index is 13.1. The molecular formula is C14H13FN2O3. The molecule has 0 bridgehead atoms. The third kappa shape index (κ3) is 2.36. The lowest BCUT2D eigenvalue weighted by atomic mass is 10.2. The zero-order valence-corrected chi connectivity index (χ0v) is 10.5. The van der Waals surface area contributed by atoms with Gasteiger partial charge >= 0.3 is 5.97 Å². The zero-order valence-electron chi connectivity index (χ0n) is 10.5. The van der Waals surface area contributed by atoms with Crippen LogP contribution >= 0.6 is 0 Å². The van der Waals surface area contributed by atoms with Crippen molar-refractivity contribution >= 4 is 22.8 Å². The summed E-state index contributed by atoms with van der Waals surface area (Å²) in [6.07, 6.45) is 1.63. The van der Waals surface area contributed by atoms with Crippen molar-refractivity contribution in [2.75, 3.05) is 0 Å². The number of aromatic amines is 1. The molecule has 1 saturated carbocycles. The highest BCUT2D eigenvalue weighted by molar-refractivity contribution is 5.99. The van der Waals surface area contributed by atoms with E-state index in [0.717, 1.165) is 12.8 Å². The largest absolute Gasteiger partial charge is 0.480 e. The van der Waals surface area contributed by atoms with Crippen LogP contribution in [0.15, 0.2) is 24.3 Å². The van der Waals surface area contributed by atoms with Crippen LogP contribution in [0.4, 0.5) is 4.39 Å². The Morgan fingerprint density at radius 2 is 2.10 bits per heavy atom. The van der Waals surface area contributed by atoms with E-state index in [4.69, 9.17) is 5.11 Å². The normalized spacial score (nSPS) is 16.1. The van der Waals surface area contributed by atoms with E-state index in [9.17, 15) is 14.0 Å². The standard InChI is InChI=1S/C14H13FN2O3/c15-9-3-4-10-8(5-9)6-11(16-10)13(18)17-12(14(19)20)7-1-2-7/h3-7,12,16H,1-2H2,(H,17,18)(H,19,20). The third-order valence-corrected chi connectivity index (χ3v) is 3.47. The van der Waals surface area contributed by atoms with Crippen LogP contribution in [0.3, 0.4) is 0 Å². The van der Waals surface area contributed by atoms with E-state index in [1.807, 2.05) is 0 Å². The summed E-state index contributed by atoms with van der Waals surface area (Å²) in [6.45, 7) is 0. The van der Waals surface area contributed by atoms with Crippen LogP contribution in [0.25, 0.3) is 10.9 Å². The average molecular weight is 276 g/mol. The minimum Gasteiger partial charge on any atom is -0.480 e. The molecule has 1 aromatic heterocycles. The molecular weight excluding hydrogens is 263 g/mol. The number of amides is 1. The Hall–Kier alpha value is -2.37. The molecule has 104 valence electrons. The predicted octanol–water partition coefficient (Wildman–Crippen LogP) is 1.90. The first-order valence-electron chi connectivity index (χ1n) is 6.36. The summed E-state index contributed by atoms with van der Waals surface area (Å²) in [4.78, 5) is 26.0. The second-order valence-corrected chi connectivity index (χ2v) is 5.04. The lowest BCUT2D eigenvalue weighted by molar-refractivity contribution is -0.139. The van der Waals surface area contributed by atoms with Crippen molar-refractivity contribution < 1.29 is 19.1 Å². The van der Waals surface area contributed by atoms with Crippen molar-refractivity contribution in [2.45, 2.75) is 18.9 Å². The number of aromatic nitrogens is 1. The van der Waals surface area contributed by atoms with Gasteiger partial charge in [-0.1, -0.05) is 0 Å². The van der Waals surface area contributed by atoms with Gasteiger partial charge in [0.2, 0.25) is 0 Å². The van der Waals surface area contributed by atoms with E-state index in [1.165, 1.54) is 24.3 Å². The molecule has 1 atom stereocenters. The lowest BCUT2D eigenvalue weighted by Crippen LogP contribution is -2.42. The van der Waals surface area contributed by atoms with E-state index < -0.39 is 17.9 Å². The number of carboxylic acid groups (broad SMARTS) is 1. The molecule has 5 nitrogen and oxygen atoms in total. The number of carboxylic acids is 1. The smallest absolute Gasteiger partial charge is 0.326 e. The highest BCUT2D eigenvalue weighted by atomic mass is 19.1. The second kappa shape index (κ2) is 4.63. The maximum Gasteiger partial charge on any atom is 0.326 e. The molecule has 0 aliphatic heterocycles. The number of carbonyl (C=O) groups excluding carboxylic acids is 1. The number of hydrogen-bond donors (Lipinski definition) is 3. The number of fused-ring (bicyclic) bond motifs is 1. The fourth-order valence-electron chi connectivity index (χ4n) is 2.26. The van der Waals surface area contributed by atoms with Gasteiger partial charge in [-0.05, 0) is 43.0 Å². The van der Waals surface area contributed by atoms with Crippen molar-refractivity contribution in [1.29, 1.82) is 0 Å². The minimum atomic E-state index is -1.02. The van der Waals surface area contributed by atoms with Crippen molar-refractivity contribution in [1.82, 2.24) is 10.3 Å². The van der Waals surface area contributed by atoms with Crippen LogP contribution < -0.4 is 5.32 Å². The van der Waals surface area contributed by atoms with Gasteiger partial charge in [-0.25, -0.2) is 9.18 Å². The molecule has 1 fully saturated rings. The molecule has 1 amide bonds. The van der Waals surface area contributed by atoms with E-state index in [0.29, 0.717) is 10.9 Å². The second-order valence-electron chi connectivity index (χ2n) is 5.04. The summed E-state index contributed by atoms with van der Waals surface area (Å²) in [6, 6.07) is 4.81. The summed E-state index contributed by atoms with van der Waals surface area (Å²) in [5.74, 6) is -1.88. The molecule has 20 heavy (non-hydrogen) atoms. The number of H-pyrrole nitrogens is 1. The number of hydrogen-bond acceptors (Lipinski definition) is 2. The molecule has 6 heteroatoms. The van der Waals surface area contributed by atoms with Crippen LogP contribution in [0.2, 0.25) is 0 Å². The van der Waals surface area contributed by atoms with Gasteiger partial charge in [-0.3, -0.25) is 4.79 Å². The van der Waals surface area contributed by atoms with Crippen LogP contribution in [0, 0.1) is 11.7 Å². The Balaban J connectivity index is 1.82. The quantitative estimate of drug-likeness (QED) is 0.797. The van der Waals surface area contributed by atoms with Crippen molar-refractivity contribution in [3.63, 3.8) is 0 Å². The van der Waals surface area contributed by atoms with Crippen LogP contribution in [-0.2, 0) is 4.79 Å². The molecule has 0 spiro atoms. The summed E-state index contributed by atoms with van der Waals surface area (Å²) in [5.41, 5.74) is 0.868.